The maximum absolute atomic E-state index is 11.6. The van der Waals surface area contributed by atoms with Crippen molar-refractivity contribution in [3.63, 3.8) is 0 Å². The van der Waals surface area contributed by atoms with E-state index >= 15 is 0 Å². The molecule has 1 atom stereocenters. The molecule has 92 valence electrons. The van der Waals surface area contributed by atoms with Crippen LogP contribution in [0.2, 0.25) is 0 Å². The van der Waals surface area contributed by atoms with Crippen LogP contribution in [0.4, 0.5) is 0 Å². The molecule has 0 saturated heterocycles. The molecule has 0 radical (unpaired) electrons. The summed E-state index contributed by atoms with van der Waals surface area (Å²) in [5, 5.41) is 0.408. The van der Waals surface area contributed by atoms with E-state index in [4.69, 9.17) is 17.0 Å². The number of carbonyl (C=O) groups excluding carboxylic acids is 1. The van der Waals surface area contributed by atoms with Gasteiger partial charge in [0.25, 0.3) is 5.17 Å². The van der Waals surface area contributed by atoms with Gasteiger partial charge >= 0.3 is 0 Å². The summed E-state index contributed by atoms with van der Waals surface area (Å²) in [6.07, 6.45) is 5.51. The van der Waals surface area contributed by atoms with Crippen molar-refractivity contribution >= 4 is 23.2 Å². The zero-order valence-corrected chi connectivity index (χ0v) is 11.2. The van der Waals surface area contributed by atoms with Gasteiger partial charge in [-0.05, 0) is 32.0 Å². The van der Waals surface area contributed by atoms with Crippen molar-refractivity contribution in [2.24, 2.45) is 5.92 Å². The van der Waals surface area contributed by atoms with Gasteiger partial charge in [-0.3, -0.25) is 4.79 Å². The van der Waals surface area contributed by atoms with E-state index < -0.39 is 0 Å². The summed E-state index contributed by atoms with van der Waals surface area (Å²) in [4.78, 5) is 13.3. The van der Waals surface area contributed by atoms with Gasteiger partial charge in [0.2, 0.25) is 0 Å². The standard InChI is InChI=1S/C12H21NO2S/c1-9(14)11(15-12(16)13(2)3)10-7-5-4-6-8-10/h10-11H,4-8H2,1-3H3. The fourth-order valence-electron chi connectivity index (χ4n) is 2.16. The Morgan fingerprint density at radius 2 is 1.88 bits per heavy atom. The fraction of sp³-hybridized carbons (Fsp3) is 0.833. The Morgan fingerprint density at radius 1 is 1.31 bits per heavy atom. The molecule has 0 aromatic carbocycles. The van der Waals surface area contributed by atoms with Crippen LogP contribution in [-0.4, -0.2) is 36.1 Å². The van der Waals surface area contributed by atoms with Gasteiger partial charge in [0.15, 0.2) is 11.9 Å². The minimum atomic E-state index is -0.338. The van der Waals surface area contributed by atoms with E-state index in [1.165, 1.54) is 19.3 Å². The maximum Gasteiger partial charge on any atom is 0.259 e. The van der Waals surface area contributed by atoms with Gasteiger partial charge in [-0.2, -0.15) is 0 Å². The molecule has 0 aromatic rings. The highest BCUT2D eigenvalue weighted by atomic mass is 32.1. The Hall–Kier alpha value is -0.640. The molecule has 16 heavy (non-hydrogen) atoms. The lowest BCUT2D eigenvalue weighted by Crippen LogP contribution is -2.37. The Labute approximate surface area is 103 Å². The molecule has 1 unspecified atom stereocenters. The first-order valence-electron chi connectivity index (χ1n) is 5.90. The Balaban J connectivity index is 2.59. The summed E-state index contributed by atoms with van der Waals surface area (Å²) in [5.41, 5.74) is 0. The third-order valence-corrected chi connectivity index (χ3v) is 3.53. The molecule has 0 aromatic heterocycles. The van der Waals surface area contributed by atoms with Gasteiger partial charge < -0.3 is 9.64 Å². The van der Waals surface area contributed by atoms with Crippen LogP contribution >= 0.6 is 12.2 Å². The summed E-state index contributed by atoms with van der Waals surface area (Å²) in [6.45, 7) is 1.59. The highest BCUT2D eigenvalue weighted by Gasteiger charge is 2.29. The number of carbonyl (C=O) groups is 1. The van der Waals surface area contributed by atoms with Crippen molar-refractivity contribution in [2.75, 3.05) is 14.1 Å². The van der Waals surface area contributed by atoms with Crippen LogP contribution in [0.15, 0.2) is 0 Å². The van der Waals surface area contributed by atoms with Gasteiger partial charge in [0.05, 0.1) is 0 Å². The van der Waals surface area contributed by atoms with Crippen LogP contribution in [0.1, 0.15) is 39.0 Å². The van der Waals surface area contributed by atoms with E-state index in [1.54, 1.807) is 11.8 Å². The number of ether oxygens (including phenoxy) is 1. The van der Waals surface area contributed by atoms with Crippen molar-refractivity contribution in [2.45, 2.75) is 45.1 Å². The molecular formula is C12H21NO2S. The first-order chi connectivity index (χ1) is 7.52. The molecule has 0 spiro atoms. The predicted octanol–water partition coefficient (Wildman–Crippen LogP) is 2.39. The van der Waals surface area contributed by atoms with E-state index in [9.17, 15) is 4.79 Å². The number of hydrogen-bond donors (Lipinski definition) is 0. The van der Waals surface area contributed by atoms with Gasteiger partial charge in [-0.25, -0.2) is 0 Å². The summed E-state index contributed by atoms with van der Waals surface area (Å²) in [6, 6.07) is 0. The van der Waals surface area contributed by atoms with Crippen molar-refractivity contribution in [1.82, 2.24) is 4.90 Å². The summed E-state index contributed by atoms with van der Waals surface area (Å²) in [7, 11) is 3.67. The normalized spacial score (nSPS) is 18.9. The summed E-state index contributed by atoms with van der Waals surface area (Å²) in [5.74, 6) is 0.445. The number of hydrogen-bond acceptors (Lipinski definition) is 3. The smallest absolute Gasteiger partial charge is 0.259 e. The Morgan fingerprint density at radius 3 is 2.31 bits per heavy atom. The zero-order valence-electron chi connectivity index (χ0n) is 10.4. The molecule has 1 aliphatic rings. The lowest BCUT2D eigenvalue weighted by Gasteiger charge is -2.30. The van der Waals surface area contributed by atoms with Gasteiger partial charge in [0, 0.05) is 20.0 Å². The van der Waals surface area contributed by atoms with Crippen LogP contribution in [-0.2, 0) is 9.53 Å². The predicted molar refractivity (Wildman–Crippen MR) is 68.4 cm³/mol. The van der Waals surface area contributed by atoms with E-state index in [0.29, 0.717) is 11.1 Å². The molecule has 3 nitrogen and oxygen atoms in total. The molecule has 1 aliphatic carbocycles. The van der Waals surface area contributed by atoms with Crippen molar-refractivity contribution in [3.8, 4) is 0 Å². The van der Waals surface area contributed by atoms with Crippen molar-refractivity contribution in [3.05, 3.63) is 0 Å². The Bertz CT molecular complexity index is 260. The van der Waals surface area contributed by atoms with E-state index in [-0.39, 0.29) is 11.9 Å². The third-order valence-electron chi connectivity index (χ3n) is 3.07. The van der Waals surface area contributed by atoms with Crippen molar-refractivity contribution < 1.29 is 9.53 Å². The van der Waals surface area contributed by atoms with Crippen molar-refractivity contribution in [1.29, 1.82) is 0 Å². The molecule has 0 heterocycles. The van der Waals surface area contributed by atoms with Crippen LogP contribution in [0.5, 0.6) is 0 Å². The fourth-order valence-corrected chi connectivity index (χ4v) is 2.27. The van der Waals surface area contributed by atoms with Gasteiger partial charge in [-0.1, -0.05) is 19.3 Å². The minimum absolute atomic E-state index is 0.0936. The second-order valence-corrected chi connectivity index (χ2v) is 5.06. The summed E-state index contributed by atoms with van der Waals surface area (Å²) < 4.78 is 5.62. The second-order valence-electron chi connectivity index (χ2n) is 4.71. The van der Waals surface area contributed by atoms with E-state index in [1.807, 2.05) is 14.1 Å². The quantitative estimate of drug-likeness (QED) is 0.712. The van der Waals surface area contributed by atoms with Gasteiger partial charge in [-0.15, -0.1) is 0 Å². The SMILES string of the molecule is CC(=O)C(OC(=S)N(C)C)C1CCCCC1. The largest absolute Gasteiger partial charge is 0.459 e. The molecule has 0 N–H and O–H groups in total. The summed E-state index contributed by atoms with van der Waals surface area (Å²) >= 11 is 5.09. The molecule has 0 bridgehead atoms. The first-order valence-corrected chi connectivity index (χ1v) is 6.31. The van der Waals surface area contributed by atoms with Crippen LogP contribution in [0.3, 0.4) is 0 Å². The van der Waals surface area contributed by atoms with Crippen LogP contribution in [0.25, 0.3) is 0 Å². The number of rotatable bonds is 3. The number of Topliss-reactive ketones (excluding diaryl/α,β-unsaturated/α-hetero) is 1. The molecule has 0 amide bonds. The average Bonchev–Trinajstić information content (AvgIpc) is 2.26. The topological polar surface area (TPSA) is 29.5 Å². The number of nitrogens with zero attached hydrogens (tertiary/aromatic N) is 1. The lowest BCUT2D eigenvalue weighted by molar-refractivity contribution is -0.127. The van der Waals surface area contributed by atoms with Crippen LogP contribution < -0.4 is 0 Å². The highest BCUT2D eigenvalue weighted by molar-refractivity contribution is 7.80. The average molecular weight is 243 g/mol. The van der Waals surface area contributed by atoms with E-state index in [0.717, 1.165) is 12.8 Å². The molecular weight excluding hydrogens is 222 g/mol. The maximum atomic E-state index is 11.6. The number of thiocarbonyl (C=S) groups is 1. The zero-order chi connectivity index (χ0) is 12.1. The molecule has 4 heteroatoms. The Kier molecular flexibility index (Phi) is 5.19. The molecule has 0 aliphatic heterocycles. The minimum Gasteiger partial charge on any atom is -0.459 e. The third kappa shape index (κ3) is 3.74. The lowest BCUT2D eigenvalue weighted by atomic mass is 9.84. The highest BCUT2D eigenvalue weighted by Crippen LogP contribution is 2.28. The molecule has 1 fully saturated rings. The van der Waals surface area contributed by atoms with Crippen LogP contribution in [0, 0.1) is 5.92 Å². The first kappa shape index (κ1) is 13.4. The molecule has 1 rings (SSSR count). The second kappa shape index (κ2) is 6.18. The van der Waals surface area contributed by atoms with Gasteiger partial charge in [0.1, 0.15) is 0 Å². The molecule has 1 saturated carbocycles. The van der Waals surface area contributed by atoms with E-state index in [2.05, 4.69) is 0 Å². The number of ketones is 1. The monoisotopic (exact) mass is 243 g/mol.